The molecule has 6 N–H and O–H groups in total. The first-order chi connectivity index (χ1) is 14.4. The summed E-state index contributed by atoms with van der Waals surface area (Å²) in [4.78, 5) is 0. The van der Waals surface area contributed by atoms with Crippen molar-refractivity contribution in [3.8, 4) is 0 Å². The van der Waals surface area contributed by atoms with Crippen molar-refractivity contribution >= 4 is 0 Å². The number of aliphatic hydroxyl groups is 6. The Morgan fingerprint density at radius 1 is 0.733 bits per heavy atom. The average molecular weight is 439 g/mol. The van der Waals surface area contributed by atoms with Gasteiger partial charge in [0.15, 0.2) is 12.6 Å². The van der Waals surface area contributed by atoms with Crippen molar-refractivity contribution in [1.29, 1.82) is 0 Å². The van der Waals surface area contributed by atoms with Crippen LogP contribution in [0.15, 0.2) is 0 Å². The molecule has 30 heavy (non-hydrogen) atoms. The van der Waals surface area contributed by atoms with E-state index in [4.69, 9.17) is 18.9 Å². The van der Waals surface area contributed by atoms with Gasteiger partial charge in [0.2, 0.25) is 0 Å². The van der Waals surface area contributed by atoms with E-state index in [2.05, 4.69) is 6.92 Å². The van der Waals surface area contributed by atoms with E-state index in [1.165, 1.54) is 19.3 Å². The van der Waals surface area contributed by atoms with Crippen molar-refractivity contribution < 1.29 is 49.6 Å². The minimum absolute atomic E-state index is 0.0455. The second-order valence-electron chi connectivity index (χ2n) is 8.08. The van der Waals surface area contributed by atoms with Gasteiger partial charge in [-0.1, -0.05) is 39.0 Å². The van der Waals surface area contributed by atoms with E-state index in [9.17, 15) is 30.6 Å². The van der Waals surface area contributed by atoms with Gasteiger partial charge < -0.3 is 49.6 Å². The first kappa shape index (κ1) is 25.9. The zero-order chi connectivity index (χ0) is 22.1. The van der Waals surface area contributed by atoms with E-state index in [1.54, 1.807) is 0 Å². The zero-order valence-corrected chi connectivity index (χ0v) is 17.6. The smallest absolute Gasteiger partial charge is 0.186 e. The predicted molar refractivity (Wildman–Crippen MR) is 104 cm³/mol. The Morgan fingerprint density at radius 3 is 2.10 bits per heavy atom. The summed E-state index contributed by atoms with van der Waals surface area (Å²) in [6, 6.07) is 0. The highest BCUT2D eigenvalue weighted by atomic mass is 16.7. The summed E-state index contributed by atoms with van der Waals surface area (Å²) in [6.07, 6.45) is -3.99. The Labute approximate surface area is 177 Å². The molecule has 2 fully saturated rings. The Morgan fingerprint density at radius 2 is 1.40 bits per heavy atom. The monoisotopic (exact) mass is 438 g/mol. The standard InChI is InChI=1S/C20H38O10/c1-2-3-4-5-6-7-8-27-19-13(23)9-12(22)15(30-19)11-28-20-18(26)17(25)16(24)14(10-21)29-20/h12-26H,2-11H2,1H3/t12-,13-,14+,15+,16+,17-,18-,19-,20-/m0/s1. The lowest BCUT2D eigenvalue weighted by atomic mass is 9.99. The first-order valence-corrected chi connectivity index (χ1v) is 10.9. The highest BCUT2D eigenvalue weighted by Crippen LogP contribution is 2.25. The minimum Gasteiger partial charge on any atom is -0.394 e. The van der Waals surface area contributed by atoms with Crippen LogP contribution in [0.5, 0.6) is 0 Å². The van der Waals surface area contributed by atoms with E-state index >= 15 is 0 Å². The summed E-state index contributed by atoms with van der Waals surface area (Å²) in [5.41, 5.74) is 0. The molecule has 0 aromatic heterocycles. The minimum atomic E-state index is -1.55. The largest absolute Gasteiger partial charge is 0.394 e. The molecule has 10 nitrogen and oxygen atoms in total. The van der Waals surface area contributed by atoms with Crippen LogP contribution in [-0.2, 0) is 18.9 Å². The van der Waals surface area contributed by atoms with Gasteiger partial charge in [0, 0.05) is 13.0 Å². The fourth-order valence-corrected chi connectivity index (χ4v) is 3.64. The van der Waals surface area contributed by atoms with Crippen LogP contribution in [-0.4, -0.2) is 106 Å². The molecule has 9 atom stereocenters. The SMILES string of the molecule is CCCCCCCCO[C@H]1O[C@H](CO[C@H]2O[C@H](CO)[C@@H](O)[C@H](O)[C@@H]2O)[C@@H](O)C[C@@H]1O. The lowest BCUT2D eigenvalue weighted by Crippen LogP contribution is -2.60. The number of hydrogen-bond donors (Lipinski definition) is 6. The van der Waals surface area contributed by atoms with Gasteiger partial charge in [-0.2, -0.15) is 0 Å². The van der Waals surface area contributed by atoms with Gasteiger partial charge in [-0.3, -0.25) is 0 Å². The zero-order valence-electron chi connectivity index (χ0n) is 17.6. The van der Waals surface area contributed by atoms with Crippen LogP contribution in [0.25, 0.3) is 0 Å². The maximum absolute atomic E-state index is 10.2. The fraction of sp³-hybridized carbons (Fsp3) is 1.00. The molecule has 0 aromatic rings. The molecule has 0 bridgehead atoms. The third kappa shape index (κ3) is 7.33. The van der Waals surface area contributed by atoms with E-state index < -0.39 is 61.9 Å². The molecule has 0 aliphatic carbocycles. The molecule has 2 rings (SSSR count). The Balaban J connectivity index is 1.76. The molecule has 2 aliphatic heterocycles. The van der Waals surface area contributed by atoms with Crippen LogP contribution >= 0.6 is 0 Å². The lowest BCUT2D eigenvalue weighted by Gasteiger charge is -2.41. The normalized spacial score (nSPS) is 39.9. The molecule has 2 aliphatic rings. The van der Waals surface area contributed by atoms with Gasteiger partial charge in [-0.25, -0.2) is 0 Å². The van der Waals surface area contributed by atoms with Crippen molar-refractivity contribution in [1.82, 2.24) is 0 Å². The molecule has 2 saturated heterocycles. The van der Waals surface area contributed by atoms with Crippen molar-refractivity contribution in [3.05, 3.63) is 0 Å². The van der Waals surface area contributed by atoms with Crippen LogP contribution in [0, 0.1) is 0 Å². The summed E-state index contributed by atoms with van der Waals surface area (Å²) in [5, 5.41) is 59.2. The number of rotatable bonds is 12. The number of hydrogen-bond acceptors (Lipinski definition) is 10. The van der Waals surface area contributed by atoms with Gasteiger partial charge in [-0.15, -0.1) is 0 Å². The van der Waals surface area contributed by atoms with E-state index in [-0.39, 0.29) is 13.0 Å². The maximum Gasteiger partial charge on any atom is 0.186 e. The second-order valence-corrected chi connectivity index (χ2v) is 8.08. The van der Waals surface area contributed by atoms with Crippen LogP contribution in [0.2, 0.25) is 0 Å². The highest BCUT2D eigenvalue weighted by molar-refractivity contribution is 4.89. The molecular formula is C20H38O10. The van der Waals surface area contributed by atoms with Crippen LogP contribution in [0.3, 0.4) is 0 Å². The quantitative estimate of drug-likeness (QED) is 0.209. The average Bonchev–Trinajstić information content (AvgIpc) is 2.73. The molecule has 178 valence electrons. The second kappa shape index (κ2) is 13.2. The lowest BCUT2D eigenvalue weighted by molar-refractivity contribution is -0.320. The Hall–Kier alpha value is -0.400. The maximum atomic E-state index is 10.2. The summed E-state index contributed by atoms with van der Waals surface area (Å²) in [5.74, 6) is 0. The fourth-order valence-electron chi connectivity index (χ4n) is 3.64. The van der Waals surface area contributed by atoms with Gasteiger partial charge in [-0.05, 0) is 6.42 Å². The highest BCUT2D eigenvalue weighted by Gasteiger charge is 2.45. The molecule has 0 spiro atoms. The number of aliphatic hydroxyl groups excluding tert-OH is 6. The predicted octanol–water partition coefficient (Wildman–Crippen LogP) is -0.983. The third-order valence-corrected chi connectivity index (χ3v) is 5.59. The van der Waals surface area contributed by atoms with Gasteiger partial charge in [0.25, 0.3) is 0 Å². The van der Waals surface area contributed by atoms with Crippen LogP contribution in [0.4, 0.5) is 0 Å². The Kier molecular flexibility index (Phi) is 11.4. The molecule has 2 heterocycles. The molecule has 0 unspecified atom stereocenters. The molecule has 0 saturated carbocycles. The van der Waals surface area contributed by atoms with Crippen LogP contribution < -0.4 is 0 Å². The molecule has 0 amide bonds. The molecule has 10 heteroatoms. The van der Waals surface area contributed by atoms with Crippen LogP contribution in [0.1, 0.15) is 51.9 Å². The van der Waals surface area contributed by atoms with Crippen molar-refractivity contribution in [2.45, 2.75) is 107 Å². The van der Waals surface area contributed by atoms with E-state index in [0.717, 1.165) is 19.3 Å². The van der Waals surface area contributed by atoms with Gasteiger partial charge >= 0.3 is 0 Å². The molecule has 0 aromatic carbocycles. The van der Waals surface area contributed by atoms with E-state index in [0.29, 0.717) is 6.61 Å². The van der Waals surface area contributed by atoms with E-state index in [1.807, 2.05) is 0 Å². The topological polar surface area (TPSA) is 158 Å². The number of ether oxygens (including phenoxy) is 4. The first-order valence-electron chi connectivity index (χ1n) is 10.9. The van der Waals surface area contributed by atoms with Crippen molar-refractivity contribution in [2.24, 2.45) is 0 Å². The van der Waals surface area contributed by atoms with Gasteiger partial charge in [0.05, 0.1) is 19.3 Å². The summed E-state index contributed by atoms with van der Waals surface area (Å²) in [7, 11) is 0. The number of unbranched alkanes of at least 4 members (excludes halogenated alkanes) is 5. The molecular weight excluding hydrogens is 400 g/mol. The molecule has 0 radical (unpaired) electrons. The Bertz CT molecular complexity index is 465. The summed E-state index contributed by atoms with van der Waals surface area (Å²) < 4.78 is 22.0. The van der Waals surface area contributed by atoms with Crippen molar-refractivity contribution in [2.75, 3.05) is 19.8 Å². The van der Waals surface area contributed by atoms with Crippen molar-refractivity contribution in [3.63, 3.8) is 0 Å². The third-order valence-electron chi connectivity index (χ3n) is 5.59. The summed E-state index contributed by atoms with van der Waals surface area (Å²) in [6.45, 7) is 1.84. The summed E-state index contributed by atoms with van der Waals surface area (Å²) >= 11 is 0. The van der Waals surface area contributed by atoms with Gasteiger partial charge in [0.1, 0.15) is 36.6 Å².